The lowest BCUT2D eigenvalue weighted by Gasteiger charge is -1.92. The molecule has 0 aliphatic rings. The quantitative estimate of drug-likeness (QED) is 0.499. The van der Waals surface area contributed by atoms with Gasteiger partial charge in [0, 0.05) is 6.61 Å². The van der Waals surface area contributed by atoms with Crippen LogP contribution >= 0.6 is 0 Å². The van der Waals surface area contributed by atoms with Gasteiger partial charge in [-0.1, -0.05) is 0 Å². The highest BCUT2D eigenvalue weighted by Gasteiger charge is 1.96. The predicted molar refractivity (Wildman–Crippen MR) is 26.8 cm³/mol. The van der Waals surface area contributed by atoms with E-state index in [4.69, 9.17) is 4.74 Å². The largest absolute Gasteiger partial charge is 0.381 e. The van der Waals surface area contributed by atoms with Crippen molar-refractivity contribution in [2.75, 3.05) is 13.2 Å². The van der Waals surface area contributed by atoms with Gasteiger partial charge in [-0.25, -0.2) is 9.90 Å². The average Bonchev–Trinajstić information content (AvgIpc) is 1.66. The van der Waals surface area contributed by atoms with Gasteiger partial charge in [0.05, 0.1) is 13.0 Å². The van der Waals surface area contributed by atoms with Crippen molar-refractivity contribution in [3.05, 3.63) is 0 Å². The van der Waals surface area contributed by atoms with Crippen LogP contribution in [0.4, 0.5) is 0 Å². The molecule has 0 N–H and O–H groups in total. The van der Waals surface area contributed by atoms with Crippen LogP contribution in [0.25, 0.3) is 0 Å². The molecule has 0 amide bonds. The smallest absolute Gasteiger partial charge is 0.357 e. The van der Waals surface area contributed by atoms with E-state index < -0.39 is 5.97 Å². The Morgan fingerprint density at radius 3 is 2.62 bits per heavy atom. The first-order chi connectivity index (χ1) is 3.77. The van der Waals surface area contributed by atoms with Crippen molar-refractivity contribution in [3.63, 3.8) is 0 Å². The molecule has 0 fully saturated rings. The molecule has 0 aromatic carbocycles. The third-order valence-electron chi connectivity index (χ3n) is 0.655. The van der Waals surface area contributed by atoms with E-state index in [1.807, 2.05) is 6.92 Å². The predicted octanol–water partition coefficient (Wildman–Crippen LogP) is 0.370. The summed E-state index contributed by atoms with van der Waals surface area (Å²) < 4.78 is 4.72. The van der Waals surface area contributed by atoms with Crippen molar-refractivity contribution in [3.8, 4) is 0 Å². The molecule has 1 radical (unpaired) electrons. The summed E-state index contributed by atoms with van der Waals surface area (Å²) in [5.74, 6) is -1.06. The monoisotopic (exact) mass is 117 g/mol. The van der Waals surface area contributed by atoms with Crippen LogP contribution in [0.3, 0.4) is 0 Å². The minimum Gasteiger partial charge on any atom is -0.381 e. The van der Waals surface area contributed by atoms with Gasteiger partial charge in [0.15, 0.2) is 0 Å². The standard InChI is InChI=1S/C5H9O3/c1-2-8-4-3-5(6)7/h2-4H2,1H3. The third-order valence-corrected chi connectivity index (χ3v) is 0.655. The maximum atomic E-state index is 9.68. The lowest BCUT2D eigenvalue weighted by molar-refractivity contribution is -0.144. The Morgan fingerprint density at radius 1 is 1.62 bits per heavy atom. The second kappa shape index (κ2) is 4.59. The molecule has 0 heterocycles. The zero-order valence-electron chi connectivity index (χ0n) is 4.85. The van der Waals surface area contributed by atoms with E-state index in [1.165, 1.54) is 0 Å². The first kappa shape index (κ1) is 7.43. The average molecular weight is 117 g/mol. The molecule has 0 aromatic rings. The van der Waals surface area contributed by atoms with Crippen molar-refractivity contribution in [2.24, 2.45) is 0 Å². The summed E-state index contributed by atoms with van der Waals surface area (Å²) in [5, 5.41) is 9.68. The lowest BCUT2D eigenvalue weighted by atomic mass is 10.5. The topological polar surface area (TPSA) is 46.2 Å². The van der Waals surface area contributed by atoms with Gasteiger partial charge in [-0.15, -0.1) is 0 Å². The van der Waals surface area contributed by atoms with Crippen LogP contribution in [-0.4, -0.2) is 19.2 Å². The molecule has 3 nitrogen and oxygen atoms in total. The van der Waals surface area contributed by atoms with Crippen molar-refractivity contribution < 1.29 is 14.6 Å². The molecule has 0 aliphatic carbocycles. The van der Waals surface area contributed by atoms with Crippen LogP contribution in [0.15, 0.2) is 0 Å². The summed E-state index contributed by atoms with van der Waals surface area (Å²) in [5.41, 5.74) is 0. The fourth-order valence-corrected chi connectivity index (χ4v) is 0.300. The zero-order valence-corrected chi connectivity index (χ0v) is 4.85. The second-order valence-electron chi connectivity index (χ2n) is 1.32. The van der Waals surface area contributed by atoms with Crippen LogP contribution in [0.5, 0.6) is 0 Å². The van der Waals surface area contributed by atoms with Crippen LogP contribution in [0, 0.1) is 0 Å². The summed E-state index contributed by atoms with van der Waals surface area (Å²) in [6.07, 6.45) is -0.00611. The molecule has 0 bridgehead atoms. The van der Waals surface area contributed by atoms with E-state index in [2.05, 4.69) is 0 Å². The van der Waals surface area contributed by atoms with Crippen LogP contribution in [-0.2, 0) is 14.6 Å². The summed E-state index contributed by atoms with van der Waals surface area (Å²) in [6.45, 7) is 2.64. The van der Waals surface area contributed by atoms with Crippen molar-refractivity contribution in [1.82, 2.24) is 0 Å². The number of hydrogen-bond donors (Lipinski definition) is 0. The Hall–Kier alpha value is -0.570. The highest BCUT2D eigenvalue weighted by atomic mass is 16.5. The lowest BCUT2D eigenvalue weighted by Crippen LogP contribution is -2.00. The summed E-state index contributed by atoms with van der Waals surface area (Å²) >= 11 is 0. The molecular formula is C5H9O3. The van der Waals surface area contributed by atoms with Gasteiger partial charge in [0.1, 0.15) is 0 Å². The number of hydrogen-bond acceptors (Lipinski definition) is 2. The molecule has 0 atom stereocenters. The minimum absolute atomic E-state index is 0.00611. The van der Waals surface area contributed by atoms with E-state index in [9.17, 15) is 9.90 Å². The molecule has 0 aliphatic heterocycles. The second-order valence-corrected chi connectivity index (χ2v) is 1.32. The molecule has 0 rings (SSSR count). The van der Waals surface area contributed by atoms with E-state index in [-0.39, 0.29) is 13.0 Å². The molecule has 0 spiro atoms. The van der Waals surface area contributed by atoms with Crippen LogP contribution in [0.1, 0.15) is 13.3 Å². The molecule has 8 heavy (non-hydrogen) atoms. The first-order valence-electron chi connectivity index (χ1n) is 2.55. The van der Waals surface area contributed by atoms with Crippen molar-refractivity contribution in [1.29, 1.82) is 0 Å². The van der Waals surface area contributed by atoms with Gasteiger partial charge in [-0.3, -0.25) is 0 Å². The highest BCUT2D eigenvalue weighted by Crippen LogP contribution is 1.80. The molecular weight excluding hydrogens is 108 g/mol. The maximum absolute atomic E-state index is 9.68. The van der Waals surface area contributed by atoms with E-state index in [0.717, 1.165) is 0 Å². The molecule has 0 saturated carbocycles. The van der Waals surface area contributed by atoms with Crippen molar-refractivity contribution in [2.45, 2.75) is 13.3 Å². The molecule has 0 unspecified atom stereocenters. The van der Waals surface area contributed by atoms with E-state index in [0.29, 0.717) is 6.61 Å². The molecule has 47 valence electrons. The Morgan fingerprint density at radius 2 is 2.25 bits per heavy atom. The summed E-state index contributed by atoms with van der Waals surface area (Å²) in [4.78, 5) is 9.68. The van der Waals surface area contributed by atoms with Gasteiger partial charge >= 0.3 is 5.97 Å². The molecule has 0 saturated heterocycles. The molecule has 3 heteroatoms. The minimum atomic E-state index is -1.06. The first-order valence-corrected chi connectivity index (χ1v) is 2.55. The highest BCUT2D eigenvalue weighted by molar-refractivity contribution is 5.66. The van der Waals surface area contributed by atoms with E-state index >= 15 is 0 Å². The third kappa shape index (κ3) is 5.43. The van der Waals surface area contributed by atoms with E-state index in [1.54, 1.807) is 0 Å². The van der Waals surface area contributed by atoms with Gasteiger partial charge in [-0.05, 0) is 6.92 Å². The number of carbonyl (C=O) groups is 1. The number of ether oxygens (including phenoxy) is 1. The summed E-state index contributed by atoms with van der Waals surface area (Å²) in [7, 11) is 0. The van der Waals surface area contributed by atoms with Gasteiger partial charge in [-0.2, -0.15) is 0 Å². The van der Waals surface area contributed by atoms with Gasteiger partial charge < -0.3 is 4.74 Å². The SMILES string of the molecule is CCOCCC([O])=O. The van der Waals surface area contributed by atoms with Crippen molar-refractivity contribution >= 4 is 5.97 Å². The zero-order chi connectivity index (χ0) is 6.41. The normalized spacial score (nSPS) is 9.12. The fraction of sp³-hybridized carbons (Fsp3) is 0.800. The van der Waals surface area contributed by atoms with Crippen LogP contribution in [0.2, 0.25) is 0 Å². The number of carbonyl (C=O) groups excluding carboxylic acids is 1. The Labute approximate surface area is 48.3 Å². The molecule has 0 aromatic heterocycles. The van der Waals surface area contributed by atoms with Gasteiger partial charge in [0.2, 0.25) is 0 Å². The van der Waals surface area contributed by atoms with Crippen LogP contribution < -0.4 is 0 Å². The number of rotatable bonds is 4. The Bertz CT molecular complexity index is 70.1. The Balaban J connectivity index is 2.82. The van der Waals surface area contributed by atoms with Gasteiger partial charge in [0.25, 0.3) is 0 Å². The maximum Gasteiger partial charge on any atom is 0.357 e. The Kier molecular flexibility index (Phi) is 4.26. The summed E-state index contributed by atoms with van der Waals surface area (Å²) in [6, 6.07) is 0. The fourth-order valence-electron chi connectivity index (χ4n) is 0.300.